The summed E-state index contributed by atoms with van der Waals surface area (Å²) in [4.78, 5) is 13.1. The Balaban J connectivity index is 2.38. The van der Waals surface area contributed by atoms with Gasteiger partial charge >= 0.3 is 0 Å². The largest absolute Gasteiger partial charge is 0.279 e. The van der Waals surface area contributed by atoms with E-state index in [0.29, 0.717) is 22.3 Å². The van der Waals surface area contributed by atoms with E-state index in [1.54, 1.807) is 29.3 Å². The van der Waals surface area contributed by atoms with Crippen LogP contribution in [0, 0.1) is 6.92 Å². The maximum Gasteiger partial charge on any atom is 0.279 e. The standard InChI is InChI=1S/C11H8ClN3OS/c1-6-11(16)15-8-4-7(12)2-3-9(8)17-5-10(15)14-13-6/h2-4H,5H2,1H3. The normalized spacial score (nSPS) is 13.1. The zero-order valence-electron chi connectivity index (χ0n) is 8.98. The van der Waals surface area contributed by atoms with Crippen molar-refractivity contribution in [2.75, 3.05) is 0 Å². The molecule has 86 valence electrons. The van der Waals surface area contributed by atoms with Gasteiger partial charge in [0.25, 0.3) is 5.56 Å². The highest BCUT2D eigenvalue weighted by atomic mass is 35.5. The van der Waals surface area contributed by atoms with Crippen molar-refractivity contribution in [2.24, 2.45) is 0 Å². The molecular weight excluding hydrogens is 258 g/mol. The molecule has 17 heavy (non-hydrogen) atoms. The minimum absolute atomic E-state index is 0.126. The molecule has 0 aliphatic carbocycles. The SMILES string of the molecule is Cc1nnc2n(c1=O)-c1cc(Cl)ccc1SC2. The van der Waals surface area contributed by atoms with Crippen LogP contribution in [0.2, 0.25) is 5.02 Å². The van der Waals surface area contributed by atoms with Crippen LogP contribution in [0.5, 0.6) is 0 Å². The van der Waals surface area contributed by atoms with E-state index < -0.39 is 0 Å². The van der Waals surface area contributed by atoms with E-state index in [-0.39, 0.29) is 5.56 Å². The van der Waals surface area contributed by atoms with E-state index in [9.17, 15) is 4.79 Å². The molecule has 2 aromatic rings. The van der Waals surface area contributed by atoms with Crippen molar-refractivity contribution in [1.82, 2.24) is 14.8 Å². The molecule has 6 heteroatoms. The number of thioether (sulfide) groups is 1. The van der Waals surface area contributed by atoms with Crippen molar-refractivity contribution >= 4 is 23.4 Å². The lowest BCUT2D eigenvalue weighted by atomic mass is 10.3. The Hall–Kier alpha value is -1.33. The van der Waals surface area contributed by atoms with Gasteiger partial charge in [0, 0.05) is 9.92 Å². The monoisotopic (exact) mass is 265 g/mol. The van der Waals surface area contributed by atoms with Gasteiger partial charge in [-0.25, -0.2) is 0 Å². The number of halogens is 1. The third-order valence-corrected chi connectivity index (χ3v) is 3.90. The second-order valence-electron chi connectivity index (χ2n) is 3.74. The Labute approximate surface area is 107 Å². The molecule has 0 fully saturated rings. The molecule has 0 spiro atoms. The summed E-state index contributed by atoms with van der Waals surface area (Å²) in [6.45, 7) is 1.66. The van der Waals surface area contributed by atoms with E-state index in [1.165, 1.54) is 0 Å². The number of rotatable bonds is 0. The first-order valence-corrected chi connectivity index (χ1v) is 6.41. The van der Waals surface area contributed by atoms with Gasteiger partial charge in [0.2, 0.25) is 0 Å². The van der Waals surface area contributed by atoms with Crippen LogP contribution in [-0.2, 0) is 5.75 Å². The van der Waals surface area contributed by atoms with Crippen LogP contribution in [0.1, 0.15) is 11.5 Å². The molecule has 0 atom stereocenters. The smallest absolute Gasteiger partial charge is 0.267 e. The van der Waals surface area contributed by atoms with Crippen LogP contribution in [0.15, 0.2) is 27.9 Å². The third kappa shape index (κ3) is 1.66. The van der Waals surface area contributed by atoms with Gasteiger partial charge < -0.3 is 0 Å². The molecule has 0 saturated carbocycles. The topological polar surface area (TPSA) is 47.8 Å². The molecule has 0 radical (unpaired) electrons. The van der Waals surface area contributed by atoms with Gasteiger partial charge in [0.15, 0.2) is 0 Å². The highest BCUT2D eigenvalue weighted by molar-refractivity contribution is 7.98. The molecule has 1 aliphatic heterocycles. The van der Waals surface area contributed by atoms with Gasteiger partial charge in [-0.3, -0.25) is 9.36 Å². The Morgan fingerprint density at radius 2 is 2.24 bits per heavy atom. The number of fused-ring (bicyclic) bond motifs is 3. The number of hydrogen-bond acceptors (Lipinski definition) is 4. The molecule has 2 heterocycles. The summed E-state index contributed by atoms with van der Waals surface area (Å²) in [5.74, 6) is 1.32. The summed E-state index contributed by atoms with van der Waals surface area (Å²) < 4.78 is 1.60. The van der Waals surface area contributed by atoms with Crippen LogP contribution in [0.25, 0.3) is 5.69 Å². The lowest BCUT2D eigenvalue weighted by molar-refractivity contribution is 0.750. The lowest BCUT2D eigenvalue weighted by Crippen LogP contribution is -2.28. The number of aryl methyl sites for hydroxylation is 1. The average Bonchev–Trinajstić information content (AvgIpc) is 2.33. The van der Waals surface area contributed by atoms with Crippen molar-refractivity contribution < 1.29 is 0 Å². The molecule has 1 aliphatic rings. The van der Waals surface area contributed by atoms with E-state index in [4.69, 9.17) is 11.6 Å². The summed E-state index contributed by atoms with van der Waals surface area (Å²) in [7, 11) is 0. The zero-order valence-corrected chi connectivity index (χ0v) is 10.5. The van der Waals surface area contributed by atoms with Crippen molar-refractivity contribution in [3.05, 3.63) is 45.1 Å². The minimum Gasteiger partial charge on any atom is -0.267 e. The first-order chi connectivity index (χ1) is 8.16. The van der Waals surface area contributed by atoms with Crippen molar-refractivity contribution in [1.29, 1.82) is 0 Å². The van der Waals surface area contributed by atoms with Crippen molar-refractivity contribution in [3.8, 4) is 5.69 Å². The predicted octanol–water partition coefficient (Wildman–Crippen LogP) is 2.20. The molecule has 0 amide bonds. The second-order valence-corrected chi connectivity index (χ2v) is 5.20. The third-order valence-electron chi connectivity index (χ3n) is 2.60. The number of benzene rings is 1. The van der Waals surface area contributed by atoms with Gasteiger partial charge in [-0.15, -0.1) is 22.0 Å². The van der Waals surface area contributed by atoms with Crippen LogP contribution in [0.4, 0.5) is 0 Å². The zero-order chi connectivity index (χ0) is 12.0. The molecule has 0 unspecified atom stereocenters. The number of aromatic nitrogens is 3. The Morgan fingerprint density at radius 1 is 1.41 bits per heavy atom. The van der Waals surface area contributed by atoms with Gasteiger partial charge in [0.05, 0.1) is 11.4 Å². The maximum absolute atomic E-state index is 12.1. The highest BCUT2D eigenvalue weighted by Crippen LogP contribution is 2.34. The molecular formula is C11H8ClN3OS. The molecule has 0 N–H and O–H groups in total. The van der Waals surface area contributed by atoms with Gasteiger partial charge in [0.1, 0.15) is 11.5 Å². The van der Waals surface area contributed by atoms with E-state index in [0.717, 1.165) is 10.6 Å². The Bertz CT molecular complexity index is 668. The minimum atomic E-state index is -0.126. The number of hydrogen-bond donors (Lipinski definition) is 0. The van der Waals surface area contributed by atoms with Crippen LogP contribution in [0.3, 0.4) is 0 Å². The molecule has 1 aromatic carbocycles. The fourth-order valence-corrected chi connectivity index (χ4v) is 2.87. The van der Waals surface area contributed by atoms with Crippen molar-refractivity contribution in [3.63, 3.8) is 0 Å². The fraction of sp³-hybridized carbons (Fsp3) is 0.182. The predicted molar refractivity (Wildman–Crippen MR) is 66.9 cm³/mol. The summed E-state index contributed by atoms with van der Waals surface area (Å²) in [6.07, 6.45) is 0. The Morgan fingerprint density at radius 3 is 3.06 bits per heavy atom. The van der Waals surface area contributed by atoms with Gasteiger partial charge in [-0.2, -0.15) is 0 Å². The summed E-state index contributed by atoms with van der Waals surface area (Å²) in [5.41, 5.74) is 1.07. The molecule has 3 rings (SSSR count). The first kappa shape index (κ1) is 10.8. The van der Waals surface area contributed by atoms with E-state index >= 15 is 0 Å². The van der Waals surface area contributed by atoms with Gasteiger partial charge in [-0.05, 0) is 25.1 Å². The van der Waals surface area contributed by atoms with Crippen LogP contribution < -0.4 is 5.56 Å². The summed E-state index contributed by atoms with van der Waals surface area (Å²) in [5, 5.41) is 8.52. The summed E-state index contributed by atoms with van der Waals surface area (Å²) >= 11 is 7.61. The average molecular weight is 266 g/mol. The first-order valence-electron chi connectivity index (χ1n) is 5.05. The van der Waals surface area contributed by atoms with Crippen molar-refractivity contribution in [2.45, 2.75) is 17.6 Å². The lowest BCUT2D eigenvalue weighted by Gasteiger charge is -2.19. The Kier molecular flexibility index (Phi) is 2.45. The molecule has 1 aromatic heterocycles. The van der Waals surface area contributed by atoms with Gasteiger partial charge in [-0.1, -0.05) is 11.6 Å². The highest BCUT2D eigenvalue weighted by Gasteiger charge is 2.20. The summed E-state index contributed by atoms with van der Waals surface area (Å²) in [6, 6.07) is 5.54. The fourth-order valence-electron chi connectivity index (χ4n) is 1.77. The van der Waals surface area contributed by atoms with E-state index in [1.807, 2.05) is 12.1 Å². The molecule has 4 nitrogen and oxygen atoms in total. The second kappa shape index (κ2) is 3.85. The number of nitrogens with zero attached hydrogens (tertiary/aromatic N) is 3. The maximum atomic E-state index is 12.1. The molecule has 0 saturated heterocycles. The van der Waals surface area contributed by atoms with Crippen LogP contribution >= 0.6 is 23.4 Å². The quantitative estimate of drug-likeness (QED) is 0.733. The van der Waals surface area contributed by atoms with E-state index in [2.05, 4.69) is 10.2 Å². The van der Waals surface area contributed by atoms with Crippen LogP contribution in [-0.4, -0.2) is 14.8 Å². The molecule has 0 bridgehead atoms.